The van der Waals surface area contributed by atoms with Gasteiger partial charge in [0.25, 0.3) is 0 Å². The van der Waals surface area contributed by atoms with Crippen LogP contribution in [0.1, 0.15) is 19.8 Å². The number of amides is 1. The minimum Gasteiger partial charge on any atom is -0.339 e. The first-order valence-corrected chi connectivity index (χ1v) is 11.4. The molecule has 0 spiro atoms. The first-order valence-electron chi connectivity index (χ1n) is 9.26. The Balaban J connectivity index is 1.59. The predicted octanol–water partition coefficient (Wildman–Crippen LogP) is 1.01. The maximum atomic E-state index is 13.3. The molecule has 0 N–H and O–H groups in total. The van der Waals surface area contributed by atoms with Gasteiger partial charge in [0.05, 0.1) is 11.7 Å². The van der Waals surface area contributed by atoms with Crippen molar-refractivity contribution in [1.82, 2.24) is 22.9 Å². The normalized spacial score (nSPS) is 22.6. The van der Waals surface area contributed by atoms with Crippen molar-refractivity contribution in [3.05, 3.63) is 18.2 Å². The van der Waals surface area contributed by atoms with E-state index in [2.05, 4.69) is 20.6 Å². The van der Waals surface area contributed by atoms with E-state index in [-0.39, 0.29) is 10.8 Å². The smallest absolute Gasteiger partial charge is 0.246 e. The van der Waals surface area contributed by atoms with Crippen LogP contribution in [0.4, 0.5) is 0 Å². The molecule has 1 amide bonds. The summed E-state index contributed by atoms with van der Waals surface area (Å²) in [5.74, 6) is -0.0737. The molecule has 1 aromatic carbocycles. The molecule has 8 nitrogen and oxygen atoms in total. The summed E-state index contributed by atoms with van der Waals surface area (Å²) >= 11 is 0.995. The number of carbonyl (C=O) groups is 1. The van der Waals surface area contributed by atoms with Gasteiger partial charge in [0.15, 0.2) is 0 Å². The van der Waals surface area contributed by atoms with Crippen molar-refractivity contribution in [3.8, 4) is 0 Å². The van der Waals surface area contributed by atoms with Crippen molar-refractivity contribution in [2.45, 2.75) is 30.7 Å². The molecule has 0 saturated carbocycles. The zero-order valence-corrected chi connectivity index (χ0v) is 16.9. The van der Waals surface area contributed by atoms with Crippen molar-refractivity contribution in [2.24, 2.45) is 0 Å². The van der Waals surface area contributed by atoms with E-state index in [9.17, 15) is 13.2 Å². The molecule has 146 valence electrons. The van der Waals surface area contributed by atoms with E-state index in [4.69, 9.17) is 0 Å². The predicted molar refractivity (Wildman–Crippen MR) is 103 cm³/mol. The van der Waals surface area contributed by atoms with E-state index in [0.717, 1.165) is 31.4 Å². The van der Waals surface area contributed by atoms with Crippen molar-refractivity contribution in [2.75, 3.05) is 39.3 Å². The van der Waals surface area contributed by atoms with Crippen LogP contribution in [-0.4, -0.2) is 82.5 Å². The Morgan fingerprint density at radius 2 is 1.96 bits per heavy atom. The molecule has 1 atom stereocenters. The van der Waals surface area contributed by atoms with Crippen LogP contribution in [0.2, 0.25) is 0 Å². The van der Waals surface area contributed by atoms with Gasteiger partial charge in [0, 0.05) is 32.7 Å². The van der Waals surface area contributed by atoms with E-state index in [1.54, 1.807) is 18.2 Å². The molecule has 10 heteroatoms. The molecule has 2 aliphatic rings. The number of fused-ring (bicyclic) bond motifs is 1. The largest absolute Gasteiger partial charge is 0.339 e. The molecule has 3 heterocycles. The van der Waals surface area contributed by atoms with Gasteiger partial charge < -0.3 is 9.80 Å². The van der Waals surface area contributed by atoms with Gasteiger partial charge in [-0.15, -0.1) is 0 Å². The Labute approximate surface area is 163 Å². The number of sulfonamides is 1. The number of benzene rings is 1. The number of aromatic nitrogens is 2. The number of hydrogen-bond acceptors (Lipinski definition) is 7. The van der Waals surface area contributed by atoms with Crippen molar-refractivity contribution >= 4 is 38.7 Å². The standard InChI is InChI=1S/C17H23N5O3S2/c1-2-20-9-11-21(12-10-20)17(23)14-6-4-8-22(14)27(24,25)15-7-3-5-13-16(15)19-26-18-13/h3,5,7,14H,2,4,6,8-12H2,1H3. The van der Waals surface area contributed by atoms with E-state index >= 15 is 0 Å². The lowest BCUT2D eigenvalue weighted by Gasteiger charge is -2.36. The molecule has 2 fully saturated rings. The van der Waals surface area contributed by atoms with E-state index in [1.807, 2.05) is 4.90 Å². The third kappa shape index (κ3) is 3.35. The Hall–Kier alpha value is -1.62. The van der Waals surface area contributed by atoms with Gasteiger partial charge in [0.1, 0.15) is 22.0 Å². The molecule has 0 bridgehead atoms. The highest BCUT2D eigenvalue weighted by molar-refractivity contribution is 7.89. The summed E-state index contributed by atoms with van der Waals surface area (Å²) in [6, 6.07) is 4.36. The lowest BCUT2D eigenvalue weighted by molar-refractivity contribution is -0.136. The van der Waals surface area contributed by atoms with Crippen LogP contribution in [0.15, 0.2) is 23.1 Å². The van der Waals surface area contributed by atoms with Gasteiger partial charge in [-0.2, -0.15) is 13.1 Å². The van der Waals surface area contributed by atoms with Crippen LogP contribution in [-0.2, 0) is 14.8 Å². The van der Waals surface area contributed by atoms with Crippen LogP contribution >= 0.6 is 11.7 Å². The van der Waals surface area contributed by atoms with Crippen LogP contribution < -0.4 is 0 Å². The summed E-state index contributed by atoms with van der Waals surface area (Å²) in [5, 5.41) is 0. The maximum absolute atomic E-state index is 13.3. The molecule has 1 unspecified atom stereocenters. The van der Waals surface area contributed by atoms with Crippen LogP contribution in [0.3, 0.4) is 0 Å². The number of nitrogens with zero attached hydrogens (tertiary/aromatic N) is 5. The Morgan fingerprint density at radius 3 is 2.70 bits per heavy atom. The van der Waals surface area contributed by atoms with Gasteiger partial charge in [-0.1, -0.05) is 13.0 Å². The number of likely N-dealkylation sites (N-methyl/N-ethyl adjacent to an activating group) is 1. The summed E-state index contributed by atoms with van der Waals surface area (Å²) in [5.41, 5.74) is 0.955. The second-order valence-corrected chi connectivity index (χ2v) is 9.31. The second-order valence-electron chi connectivity index (χ2n) is 6.92. The highest BCUT2D eigenvalue weighted by Gasteiger charge is 2.42. The Bertz CT molecular complexity index is 937. The maximum Gasteiger partial charge on any atom is 0.246 e. The van der Waals surface area contributed by atoms with Crippen molar-refractivity contribution < 1.29 is 13.2 Å². The Kier molecular flexibility index (Phi) is 5.15. The van der Waals surface area contributed by atoms with E-state index in [0.29, 0.717) is 43.5 Å². The molecule has 0 radical (unpaired) electrons. The zero-order valence-electron chi connectivity index (χ0n) is 15.2. The Morgan fingerprint density at radius 1 is 1.19 bits per heavy atom. The minimum absolute atomic E-state index is 0.0737. The average molecular weight is 410 g/mol. The summed E-state index contributed by atoms with van der Waals surface area (Å²) < 4.78 is 36.3. The first-order chi connectivity index (χ1) is 13.0. The fourth-order valence-electron chi connectivity index (χ4n) is 3.89. The van der Waals surface area contributed by atoms with Gasteiger partial charge >= 0.3 is 0 Å². The van der Waals surface area contributed by atoms with Crippen LogP contribution in [0, 0.1) is 0 Å². The monoisotopic (exact) mass is 409 g/mol. The van der Waals surface area contributed by atoms with Crippen molar-refractivity contribution in [1.29, 1.82) is 0 Å². The molecule has 27 heavy (non-hydrogen) atoms. The third-order valence-electron chi connectivity index (χ3n) is 5.46. The molecule has 1 aromatic heterocycles. The number of hydrogen-bond donors (Lipinski definition) is 0. The molecule has 4 rings (SSSR count). The highest BCUT2D eigenvalue weighted by Crippen LogP contribution is 2.30. The minimum atomic E-state index is -3.80. The van der Waals surface area contributed by atoms with E-state index < -0.39 is 16.1 Å². The summed E-state index contributed by atoms with van der Waals surface area (Å²) in [7, 11) is -3.80. The molecule has 2 aliphatic heterocycles. The fourth-order valence-corrected chi connectivity index (χ4v) is 6.29. The van der Waals surface area contributed by atoms with Gasteiger partial charge in [-0.05, 0) is 31.5 Å². The number of piperazine rings is 1. The molecule has 2 aromatic rings. The second kappa shape index (κ2) is 7.42. The van der Waals surface area contributed by atoms with Gasteiger partial charge in [0.2, 0.25) is 15.9 Å². The molecule has 0 aliphatic carbocycles. The molecular weight excluding hydrogens is 386 g/mol. The topological polar surface area (TPSA) is 86.7 Å². The van der Waals surface area contributed by atoms with Gasteiger partial charge in [-0.3, -0.25) is 4.79 Å². The summed E-state index contributed by atoms with van der Waals surface area (Å²) in [6.07, 6.45) is 1.26. The van der Waals surface area contributed by atoms with Gasteiger partial charge in [-0.25, -0.2) is 8.42 Å². The highest BCUT2D eigenvalue weighted by atomic mass is 32.2. The third-order valence-corrected chi connectivity index (χ3v) is 7.94. The lowest BCUT2D eigenvalue weighted by Crippen LogP contribution is -2.54. The SMILES string of the molecule is CCN1CCN(C(=O)C2CCCN2S(=O)(=O)c2cccc3nsnc23)CC1. The van der Waals surface area contributed by atoms with Crippen molar-refractivity contribution in [3.63, 3.8) is 0 Å². The summed E-state index contributed by atoms with van der Waals surface area (Å²) in [6.45, 7) is 6.43. The van der Waals surface area contributed by atoms with E-state index in [1.165, 1.54) is 4.31 Å². The van der Waals surface area contributed by atoms with Crippen LogP contribution in [0.25, 0.3) is 11.0 Å². The first kappa shape index (κ1) is 18.7. The number of rotatable bonds is 4. The molecular formula is C17H23N5O3S2. The average Bonchev–Trinajstić information content (AvgIpc) is 3.36. The lowest BCUT2D eigenvalue weighted by atomic mass is 10.2. The zero-order chi connectivity index (χ0) is 19.0. The quantitative estimate of drug-likeness (QED) is 0.749. The number of carbonyl (C=O) groups excluding carboxylic acids is 1. The molecule has 2 saturated heterocycles. The fraction of sp³-hybridized carbons (Fsp3) is 0.588. The van der Waals surface area contributed by atoms with Crippen LogP contribution in [0.5, 0.6) is 0 Å². The summed E-state index contributed by atoms with van der Waals surface area (Å²) in [4.78, 5) is 17.3.